The van der Waals surface area contributed by atoms with Crippen molar-refractivity contribution in [2.24, 2.45) is 5.73 Å². The lowest BCUT2D eigenvalue weighted by Gasteiger charge is -2.31. The predicted molar refractivity (Wildman–Crippen MR) is 121 cm³/mol. The SMILES string of the molecule is CC(C(=O)N[C@H](Cc1ccc(Cl)cc1Cl)C(N)=O)(c1ccccc1)c1ccccc1. The molecule has 0 radical (unpaired) electrons. The van der Waals surface area contributed by atoms with Gasteiger partial charge in [-0.05, 0) is 35.7 Å². The quantitative estimate of drug-likeness (QED) is 0.566. The monoisotopic (exact) mass is 440 g/mol. The van der Waals surface area contributed by atoms with Crippen molar-refractivity contribution in [1.29, 1.82) is 0 Å². The lowest BCUT2D eigenvalue weighted by atomic mass is 9.75. The number of nitrogens with two attached hydrogens (primary N) is 1. The van der Waals surface area contributed by atoms with Gasteiger partial charge in [0.05, 0.1) is 5.41 Å². The zero-order chi connectivity index (χ0) is 21.7. The number of halogens is 2. The molecule has 3 N–H and O–H groups in total. The van der Waals surface area contributed by atoms with Crippen molar-refractivity contribution in [2.75, 3.05) is 0 Å². The predicted octanol–water partition coefficient (Wildman–Crippen LogP) is 4.51. The van der Waals surface area contributed by atoms with Gasteiger partial charge in [0.1, 0.15) is 6.04 Å². The highest BCUT2D eigenvalue weighted by Crippen LogP contribution is 2.32. The minimum absolute atomic E-state index is 0.163. The van der Waals surface area contributed by atoms with E-state index in [4.69, 9.17) is 28.9 Å². The number of amides is 2. The van der Waals surface area contributed by atoms with Crippen molar-refractivity contribution >= 4 is 35.0 Å². The molecule has 0 saturated carbocycles. The van der Waals surface area contributed by atoms with E-state index in [1.54, 1.807) is 18.2 Å². The Kier molecular flexibility index (Phi) is 6.80. The minimum Gasteiger partial charge on any atom is -0.368 e. The van der Waals surface area contributed by atoms with E-state index in [-0.39, 0.29) is 12.3 Å². The second-order valence-corrected chi connectivity index (χ2v) is 8.07. The number of carbonyl (C=O) groups excluding carboxylic acids is 2. The zero-order valence-corrected chi connectivity index (χ0v) is 18.0. The molecular formula is C24H22Cl2N2O2. The van der Waals surface area contributed by atoms with Crippen LogP contribution < -0.4 is 11.1 Å². The number of nitrogens with one attached hydrogen (secondary N) is 1. The molecule has 0 unspecified atom stereocenters. The van der Waals surface area contributed by atoms with Crippen LogP contribution in [0.3, 0.4) is 0 Å². The van der Waals surface area contributed by atoms with Crippen molar-refractivity contribution in [2.45, 2.75) is 24.8 Å². The molecule has 0 heterocycles. The summed E-state index contributed by atoms with van der Waals surface area (Å²) in [6, 6.07) is 22.9. The molecule has 0 aliphatic carbocycles. The van der Waals surface area contributed by atoms with E-state index in [1.165, 1.54) is 0 Å². The van der Waals surface area contributed by atoms with E-state index in [2.05, 4.69) is 5.32 Å². The molecule has 6 heteroatoms. The van der Waals surface area contributed by atoms with Crippen molar-refractivity contribution in [1.82, 2.24) is 5.32 Å². The van der Waals surface area contributed by atoms with Crippen LogP contribution in [0.1, 0.15) is 23.6 Å². The molecule has 0 saturated heterocycles. The van der Waals surface area contributed by atoms with Crippen LogP contribution in [0.25, 0.3) is 0 Å². The van der Waals surface area contributed by atoms with Gasteiger partial charge in [-0.1, -0.05) is 89.9 Å². The van der Waals surface area contributed by atoms with Gasteiger partial charge in [0, 0.05) is 16.5 Å². The van der Waals surface area contributed by atoms with Gasteiger partial charge >= 0.3 is 0 Å². The van der Waals surface area contributed by atoms with E-state index < -0.39 is 17.4 Å². The Morgan fingerprint density at radius 3 is 1.93 bits per heavy atom. The van der Waals surface area contributed by atoms with Crippen molar-refractivity contribution in [3.8, 4) is 0 Å². The third kappa shape index (κ3) is 4.66. The summed E-state index contributed by atoms with van der Waals surface area (Å²) in [4.78, 5) is 25.7. The first kappa shape index (κ1) is 21.9. The van der Waals surface area contributed by atoms with E-state index in [0.717, 1.165) is 11.1 Å². The third-order valence-electron chi connectivity index (χ3n) is 5.24. The number of rotatable bonds is 7. The molecule has 3 aromatic carbocycles. The van der Waals surface area contributed by atoms with Crippen LogP contribution in [0.4, 0.5) is 0 Å². The van der Waals surface area contributed by atoms with Crippen LogP contribution in [0.2, 0.25) is 10.0 Å². The Bertz CT molecular complexity index is 1000. The smallest absolute Gasteiger partial charge is 0.240 e. The highest BCUT2D eigenvalue weighted by atomic mass is 35.5. The molecule has 0 aromatic heterocycles. The van der Waals surface area contributed by atoms with Gasteiger partial charge < -0.3 is 11.1 Å². The largest absolute Gasteiger partial charge is 0.368 e. The molecule has 0 fully saturated rings. The van der Waals surface area contributed by atoms with Crippen molar-refractivity contribution < 1.29 is 9.59 Å². The lowest BCUT2D eigenvalue weighted by molar-refractivity contribution is -0.129. The van der Waals surface area contributed by atoms with Gasteiger partial charge in [0.25, 0.3) is 0 Å². The van der Waals surface area contributed by atoms with Gasteiger partial charge in [-0.2, -0.15) is 0 Å². The molecule has 1 atom stereocenters. The maximum atomic E-state index is 13.5. The molecule has 3 rings (SSSR count). The maximum Gasteiger partial charge on any atom is 0.240 e. The second kappa shape index (κ2) is 9.33. The third-order valence-corrected chi connectivity index (χ3v) is 5.83. The molecule has 2 amide bonds. The first-order valence-corrected chi connectivity index (χ1v) is 10.2. The van der Waals surface area contributed by atoms with E-state index in [1.807, 2.05) is 67.6 Å². The Morgan fingerprint density at radius 2 is 1.47 bits per heavy atom. The highest BCUT2D eigenvalue weighted by molar-refractivity contribution is 6.35. The summed E-state index contributed by atoms with van der Waals surface area (Å²) >= 11 is 12.2. The molecule has 154 valence electrons. The number of carbonyl (C=O) groups is 2. The lowest BCUT2D eigenvalue weighted by Crippen LogP contribution is -2.52. The van der Waals surface area contributed by atoms with E-state index in [0.29, 0.717) is 15.6 Å². The topological polar surface area (TPSA) is 72.2 Å². The normalized spacial score (nSPS) is 12.2. The molecule has 0 aliphatic rings. The first-order chi connectivity index (χ1) is 14.3. The Balaban J connectivity index is 1.94. The molecule has 4 nitrogen and oxygen atoms in total. The number of hydrogen-bond acceptors (Lipinski definition) is 2. The van der Waals surface area contributed by atoms with Gasteiger partial charge in [0.15, 0.2) is 0 Å². The zero-order valence-electron chi connectivity index (χ0n) is 16.4. The minimum atomic E-state index is -1.01. The fourth-order valence-corrected chi connectivity index (χ4v) is 3.89. The summed E-state index contributed by atoms with van der Waals surface area (Å²) in [5.41, 5.74) is 6.88. The summed E-state index contributed by atoms with van der Waals surface area (Å²) in [5.74, 6) is -0.966. The van der Waals surface area contributed by atoms with Crippen LogP contribution in [0, 0.1) is 0 Å². The van der Waals surface area contributed by atoms with Gasteiger partial charge in [-0.15, -0.1) is 0 Å². The van der Waals surface area contributed by atoms with Crippen LogP contribution >= 0.6 is 23.2 Å². The number of benzene rings is 3. The summed E-state index contributed by atoms with van der Waals surface area (Å²) in [5, 5.41) is 3.74. The van der Waals surface area contributed by atoms with Gasteiger partial charge in [-0.25, -0.2) is 0 Å². The fraction of sp³-hybridized carbons (Fsp3) is 0.167. The standard InChI is InChI=1S/C24H22Cl2N2O2/c1-24(17-8-4-2-5-9-17,18-10-6-3-7-11-18)23(30)28-21(22(27)29)14-16-12-13-19(25)15-20(16)26/h2-13,15,21H,14H2,1H3,(H2,27,29)(H,28,30)/t21-/m1/s1. The fourth-order valence-electron chi connectivity index (χ4n) is 3.40. The molecule has 30 heavy (non-hydrogen) atoms. The summed E-state index contributed by atoms with van der Waals surface area (Å²) < 4.78 is 0. The molecular weight excluding hydrogens is 419 g/mol. The Morgan fingerprint density at radius 1 is 0.933 bits per heavy atom. The van der Waals surface area contributed by atoms with Gasteiger partial charge in [0.2, 0.25) is 11.8 Å². The van der Waals surface area contributed by atoms with Gasteiger partial charge in [-0.3, -0.25) is 9.59 Å². The Hall–Kier alpha value is -2.82. The first-order valence-electron chi connectivity index (χ1n) is 9.47. The van der Waals surface area contributed by atoms with Crippen LogP contribution in [0.5, 0.6) is 0 Å². The summed E-state index contributed by atoms with van der Waals surface area (Å²) in [6.07, 6.45) is 0.163. The molecule has 0 bridgehead atoms. The van der Waals surface area contributed by atoms with E-state index in [9.17, 15) is 9.59 Å². The molecule has 0 spiro atoms. The highest BCUT2D eigenvalue weighted by Gasteiger charge is 2.38. The van der Waals surface area contributed by atoms with Crippen LogP contribution in [-0.2, 0) is 21.4 Å². The number of primary amides is 1. The van der Waals surface area contributed by atoms with Crippen molar-refractivity contribution in [3.05, 3.63) is 106 Å². The second-order valence-electron chi connectivity index (χ2n) is 7.23. The van der Waals surface area contributed by atoms with Crippen molar-refractivity contribution in [3.63, 3.8) is 0 Å². The maximum absolute atomic E-state index is 13.5. The van der Waals surface area contributed by atoms with Crippen LogP contribution in [0.15, 0.2) is 78.9 Å². The average Bonchev–Trinajstić information content (AvgIpc) is 2.75. The number of hydrogen-bond donors (Lipinski definition) is 2. The van der Waals surface area contributed by atoms with E-state index >= 15 is 0 Å². The molecule has 3 aromatic rings. The summed E-state index contributed by atoms with van der Waals surface area (Å²) in [6.45, 7) is 1.83. The molecule has 0 aliphatic heterocycles. The average molecular weight is 441 g/mol. The Labute approximate surface area is 186 Å². The van der Waals surface area contributed by atoms with Crippen LogP contribution in [-0.4, -0.2) is 17.9 Å². The summed E-state index contributed by atoms with van der Waals surface area (Å²) in [7, 11) is 0.